The molecule has 0 amide bonds. The van der Waals surface area contributed by atoms with E-state index in [1.807, 2.05) is 12.1 Å². The molecule has 4 bridgehead atoms. The van der Waals surface area contributed by atoms with Crippen molar-refractivity contribution in [2.24, 2.45) is 11.8 Å². The van der Waals surface area contributed by atoms with E-state index in [2.05, 4.69) is 9.88 Å². The first-order chi connectivity index (χ1) is 17.6. The second-order valence-electron chi connectivity index (χ2n) is 10.2. The van der Waals surface area contributed by atoms with Gasteiger partial charge in [0.15, 0.2) is 11.5 Å². The number of rotatable bonds is 11. The Hall–Kier alpha value is -2.33. The summed E-state index contributed by atoms with van der Waals surface area (Å²) in [5, 5.41) is 1.09. The third-order valence-electron chi connectivity index (χ3n) is 8.37. The fourth-order valence-corrected chi connectivity index (χ4v) is 7.08. The van der Waals surface area contributed by atoms with Crippen LogP contribution in [0.25, 0.3) is 10.9 Å². The molecule has 36 heavy (non-hydrogen) atoms. The zero-order valence-electron chi connectivity index (χ0n) is 21.8. The smallest absolute Gasteiger partial charge is 0.319 e. The van der Waals surface area contributed by atoms with Crippen molar-refractivity contribution in [3.05, 3.63) is 23.4 Å². The van der Waals surface area contributed by atoms with Crippen LogP contribution in [-0.4, -0.2) is 90.0 Å². The summed E-state index contributed by atoms with van der Waals surface area (Å²) in [6.07, 6.45) is 3.64. The molecule has 9 heteroatoms. The van der Waals surface area contributed by atoms with Gasteiger partial charge in [-0.3, -0.25) is 9.69 Å². The summed E-state index contributed by atoms with van der Waals surface area (Å²) in [7, 11) is 6.46. The van der Waals surface area contributed by atoms with E-state index in [1.54, 1.807) is 21.3 Å². The molecule has 0 spiro atoms. The highest BCUT2D eigenvalue weighted by molar-refractivity contribution is 5.93. The number of benzene rings is 1. The van der Waals surface area contributed by atoms with Crippen LogP contribution in [0.5, 0.6) is 11.5 Å². The lowest BCUT2D eigenvalue weighted by atomic mass is 9.56. The minimum Gasteiger partial charge on any atom is -0.493 e. The number of ether oxygens (including phenoxy) is 6. The van der Waals surface area contributed by atoms with Crippen molar-refractivity contribution in [1.82, 2.24) is 9.88 Å². The van der Waals surface area contributed by atoms with Crippen LogP contribution in [0.2, 0.25) is 0 Å². The molecule has 3 fully saturated rings. The molecule has 5 atom stereocenters. The molecule has 0 radical (unpaired) electrons. The molecule has 1 saturated carbocycles. The highest BCUT2D eigenvalue weighted by atomic mass is 16.7. The van der Waals surface area contributed by atoms with E-state index in [0.29, 0.717) is 43.2 Å². The maximum absolute atomic E-state index is 13.8. The Bertz CT molecular complexity index is 1090. The monoisotopic (exact) mass is 502 g/mol. The van der Waals surface area contributed by atoms with Gasteiger partial charge in [-0.05, 0) is 49.1 Å². The van der Waals surface area contributed by atoms with Crippen LogP contribution in [0.4, 0.5) is 0 Å². The van der Waals surface area contributed by atoms with Gasteiger partial charge in [-0.1, -0.05) is 0 Å². The lowest BCUT2D eigenvalue weighted by Gasteiger charge is -2.58. The van der Waals surface area contributed by atoms with Crippen molar-refractivity contribution >= 4 is 16.9 Å². The Labute approximate surface area is 212 Å². The Morgan fingerprint density at radius 1 is 1.08 bits per heavy atom. The van der Waals surface area contributed by atoms with Gasteiger partial charge < -0.3 is 33.4 Å². The maximum Gasteiger partial charge on any atom is 0.319 e. The number of fused-ring (bicyclic) bond motifs is 4. The van der Waals surface area contributed by atoms with Crippen LogP contribution in [-0.2, 0) is 35.6 Å². The summed E-state index contributed by atoms with van der Waals surface area (Å²) >= 11 is 0. The number of nitrogens with one attached hydrogen (secondary N) is 1. The van der Waals surface area contributed by atoms with Gasteiger partial charge in [0.2, 0.25) is 0 Å². The van der Waals surface area contributed by atoms with E-state index in [1.165, 1.54) is 12.7 Å². The number of hydrogen-bond acceptors (Lipinski definition) is 8. The molecular formula is C27H38N2O7. The highest BCUT2D eigenvalue weighted by Gasteiger charge is 2.62. The quantitative estimate of drug-likeness (QED) is 0.285. The van der Waals surface area contributed by atoms with Crippen molar-refractivity contribution in [3.8, 4) is 11.5 Å². The average Bonchev–Trinajstić information content (AvgIpc) is 3.23. The van der Waals surface area contributed by atoms with Gasteiger partial charge in [-0.2, -0.15) is 0 Å². The fourth-order valence-electron chi connectivity index (χ4n) is 7.08. The number of piperidine rings is 2. The van der Waals surface area contributed by atoms with E-state index >= 15 is 0 Å². The number of aromatic amines is 1. The van der Waals surface area contributed by atoms with Gasteiger partial charge in [0, 0.05) is 55.5 Å². The fraction of sp³-hybridized carbons (Fsp3) is 0.667. The van der Waals surface area contributed by atoms with Crippen LogP contribution in [0, 0.1) is 11.8 Å². The van der Waals surface area contributed by atoms with E-state index in [9.17, 15) is 4.79 Å². The van der Waals surface area contributed by atoms with Crippen molar-refractivity contribution in [1.29, 1.82) is 0 Å². The number of esters is 1. The molecule has 198 valence electrons. The molecule has 6 rings (SSSR count). The van der Waals surface area contributed by atoms with Crippen LogP contribution >= 0.6 is 0 Å². The zero-order valence-corrected chi connectivity index (χ0v) is 21.8. The van der Waals surface area contributed by atoms with Gasteiger partial charge >= 0.3 is 5.97 Å². The Morgan fingerprint density at radius 2 is 1.86 bits per heavy atom. The van der Waals surface area contributed by atoms with Crippen LogP contribution in [0.1, 0.15) is 30.5 Å². The van der Waals surface area contributed by atoms with Gasteiger partial charge in [0.1, 0.15) is 12.2 Å². The summed E-state index contributed by atoms with van der Waals surface area (Å²) in [5.41, 5.74) is 2.42. The summed E-state index contributed by atoms with van der Waals surface area (Å²) in [4.78, 5) is 20.0. The van der Waals surface area contributed by atoms with Crippen molar-refractivity contribution in [2.75, 3.05) is 68.1 Å². The Kier molecular flexibility index (Phi) is 7.44. The zero-order chi connectivity index (χ0) is 25.3. The second kappa shape index (κ2) is 10.6. The predicted molar refractivity (Wildman–Crippen MR) is 134 cm³/mol. The molecule has 5 unspecified atom stereocenters. The summed E-state index contributed by atoms with van der Waals surface area (Å²) in [6.45, 7) is 3.86. The summed E-state index contributed by atoms with van der Waals surface area (Å²) < 4.78 is 32.9. The van der Waals surface area contributed by atoms with E-state index < -0.39 is 5.41 Å². The minimum atomic E-state index is -0.735. The number of H-pyrrole nitrogens is 1. The van der Waals surface area contributed by atoms with Crippen molar-refractivity contribution in [3.63, 3.8) is 0 Å². The number of nitrogens with zero attached hydrogens (tertiary/aromatic N) is 1. The number of methoxy groups -OCH3 is 4. The Morgan fingerprint density at radius 3 is 2.61 bits per heavy atom. The first-order valence-electron chi connectivity index (χ1n) is 12.8. The molecule has 2 saturated heterocycles. The molecule has 9 nitrogen and oxygen atoms in total. The molecule has 1 N–H and O–H groups in total. The van der Waals surface area contributed by atoms with E-state index in [0.717, 1.165) is 55.4 Å². The largest absolute Gasteiger partial charge is 0.493 e. The normalized spacial score (nSPS) is 28.6. The summed E-state index contributed by atoms with van der Waals surface area (Å²) in [6, 6.07) is 4.07. The molecule has 1 aromatic carbocycles. The highest BCUT2D eigenvalue weighted by Crippen LogP contribution is 2.55. The third kappa shape index (κ3) is 4.16. The van der Waals surface area contributed by atoms with E-state index in [4.69, 9.17) is 28.4 Å². The number of carbonyl (C=O) groups is 1. The third-order valence-corrected chi connectivity index (χ3v) is 8.37. The van der Waals surface area contributed by atoms with Crippen LogP contribution in [0.15, 0.2) is 12.1 Å². The summed E-state index contributed by atoms with van der Waals surface area (Å²) in [5.74, 6) is 1.97. The number of hydrogen-bond donors (Lipinski definition) is 1. The standard InChI is InChI=1S/C27H38N2O7/c1-31-9-10-36-16-35-8-6-18-11-17-14-27(26(30)34-4)24-19(5-7-29(15-17)25(18)27)20-12-22(32-2)23(33-3)13-21(20)28-24/h12-13,17-18,25,28H,5-11,14-16H2,1-4H3. The lowest BCUT2D eigenvalue weighted by molar-refractivity contribution is -0.163. The molecule has 3 aliphatic heterocycles. The maximum atomic E-state index is 13.8. The van der Waals surface area contributed by atoms with Gasteiger partial charge in [-0.25, -0.2) is 0 Å². The average molecular weight is 503 g/mol. The molecule has 4 aliphatic rings. The minimum absolute atomic E-state index is 0.0612. The Balaban J connectivity index is 1.49. The molecule has 2 aromatic rings. The first-order valence-corrected chi connectivity index (χ1v) is 12.8. The number of carbonyl (C=O) groups excluding carboxylic acids is 1. The molecule has 1 aliphatic carbocycles. The lowest BCUT2D eigenvalue weighted by Crippen LogP contribution is -2.67. The molecule has 4 heterocycles. The first kappa shape index (κ1) is 25.3. The van der Waals surface area contributed by atoms with Gasteiger partial charge in [0.25, 0.3) is 0 Å². The SMILES string of the molecule is COCCOCOCCC1CC2CN3CCc4c([nH]c5cc(OC)c(OC)cc45)C(C(=O)OC)(C2)C13. The van der Waals surface area contributed by atoms with E-state index in [-0.39, 0.29) is 18.8 Å². The van der Waals surface area contributed by atoms with Crippen LogP contribution in [0.3, 0.4) is 0 Å². The second-order valence-corrected chi connectivity index (χ2v) is 10.2. The molecular weight excluding hydrogens is 464 g/mol. The van der Waals surface area contributed by atoms with Crippen LogP contribution < -0.4 is 9.47 Å². The molecule has 1 aromatic heterocycles. The van der Waals surface area contributed by atoms with Crippen molar-refractivity contribution < 1.29 is 33.2 Å². The van der Waals surface area contributed by atoms with Crippen molar-refractivity contribution in [2.45, 2.75) is 37.1 Å². The topological polar surface area (TPSA) is 91.5 Å². The van der Waals surface area contributed by atoms with Gasteiger partial charge in [-0.15, -0.1) is 0 Å². The van der Waals surface area contributed by atoms with Gasteiger partial charge in [0.05, 0.1) is 34.5 Å². The number of aromatic nitrogens is 1. The predicted octanol–water partition coefficient (Wildman–Crippen LogP) is 2.89.